The van der Waals surface area contributed by atoms with Crippen LogP contribution >= 0.6 is 22.6 Å². The van der Waals surface area contributed by atoms with Gasteiger partial charge in [-0.2, -0.15) is 43.9 Å². The zero-order valence-corrected chi connectivity index (χ0v) is 10.6. The van der Waals surface area contributed by atoms with E-state index >= 15 is 0 Å². The van der Waals surface area contributed by atoms with E-state index in [9.17, 15) is 43.9 Å². The Balaban J connectivity index is 5.48. The van der Waals surface area contributed by atoms with Crippen LogP contribution in [0.2, 0.25) is 0 Å². The molecule has 0 bridgehead atoms. The normalized spacial score (nSPS) is 18.3. The van der Waals surface area contributed by atoms with Crippen molar-refractivity contribution in [3.05, 3.63) is 0 Å². The molecule has 1 atom stereocenters. The second-order valence-corrected chi connectivity index (χ2v) is 4.28. The van der Waals surface area contributed by atoms with E-state index in [2.05, 4.69) is 9.47 Å². The monoisotopic (exact) mass is 424 g/mol. The van der Waals surface area contributed by atoms with E-state index in [1.807, 2.05) is 0 Å². The number of hydrogen-bond donors (Lipinski definition) is 0. The van der Waals surface area contributed by atoms with E-state index in [0.717, 1.165) is 0 Å². The number of hydrogen-bond acceptors (Lipinski definition) is 2. The van der Waals surface area contributed by atoms with Gasteiger partial charge in [0, 0.05) is 29.7 Å². The van der Waals surface area contributed by atoms with E-state index in [4.69, 9.17) is 0 Å². The molecule has 0 aliphatic rings. The van der Waals surface area contributed by atoms with Gasteiger partial charge in [-0.3, -0.25) is 0 Å². The fourth-order valence-electron chi connectivity index (χ4n) is 0.609. The number of rotatable bonds is 5. The lowest BCUT2D eigenvalue weighted by atomic mass is 10.3. The molecule has 13 heteroatoms. The number of ether oxygens (including phenoxy) is 2. The van der Waals surface area contributed by atoms with Crippen molar-refractivity contribution < 1.29 is 53.4 Å². The molecular formula is C6H3F10IO2. The quantitative estimate of drug-likeness (QED) is 0.287. The highest BCUT2D eigenvalue weighted by Gasteiger charge is 2.78. The Kier molecular flexibility index (Phi) is 5.04. The van der Waals surface area contributed by atoms with Crippen molar-refractivity contribution in [3.8, 4) is 0 Å². The average molecular weight is 424 g/mol. The topological polar surface area (TPSA) is 18.5 Å². The summed E-state index contributed by atoms with van der Waals surface area (Å²) in [5, 5.41) is 0. The van der Waals surface area contributed by atoms with Gasteiger partial charge in [0.25, 0.3) is 0 Å². The van der Waals surface area contributed by atoms with Crippen LogP contribution in [0.15, 0.2) is 0 Å². The Morgan fingerprint density at radius 2 is 1.16 bits per heavy atom. The Hall–Kier alpha value is -0.0500. The number of methoxy groups -OCH3 is 1. The van der Waals surface area contributed by atoms with Crippen LogP contribution in [0.5, 0.6) is 0 Å². The van der Waals surface area contributed by atoms with Crippen molar-refractivity contribution in [2.45, 2.75) is 28.2 Å². The lowest BCUT2D eigenvalue weighted by Crippen LogP contribution is -2.59. The molecule has 0 amide bonds. The van der Waals surface area contributed by atoms with Gasteiger partial charge in [-0.15, -0.1) is 0 Å². The predicted molar refractivity (Wildman–Crippen MR) is 46.8 cm³/mol. The highest BCUT2D eigenvalue weighted by Crippen LogP contribution is 2.51. The maximum Gasteiger partial charge on any atom is 0.462 e. The first kappa shape index (κ1) is 18.9. The van der Waals surface area contributed by atoms with Crippen LogP contribution in [0, 0.1) is 0 Å². The van der Waals surface area contributed by atoms with Crippen LogP contribution in [-0.4, -0.2) is 35.3 Å². The van der Waals surface area contributed by atoms with Gasteiger partial charge in [0.05, 0.1) is 0 Å². The van der Waals surface area contributed by atoms with Gasteiger partial charge in [0.1, 0.15) is 0 Å². The van der Waals surface area contributed by atoms with Gasteiger partial charge in [0.2, 0.25) is 0 Å². The van der Waals surface area contributed by atoms with Gasteiger partial charge in [0.15, 0.2) is 0 Å². The Morgan fingerprint density at radius 3 is 1.37 bits per heavy atom. The first-order valence-corrected chi connectivity index (χ1v) is 4.93. The molecular weight excluding hydrogens is 421 g/mol. The minimum absolute atomic E-state index is 0.00832. The minimum atomic E-state index is -6.90. The zero-order valence-electron chi connectivity index (χ0n) is 8.47. The van der Waals surface area contributed by atoms with E-state index in [-0.39, 0.29) is 29.7 Å². The van der Waals surface area contributed by atoms with Gasteiger partial charge >= 0.3 is 28.2 Å². The standard InChI is InChI=1S/C6H3F10IO2/c1-18-6(16,4(12,13)17)19-5(14,15)2(7,8)3(9,10)11/h1H3. The van der Waals surface area contributed by atoms with Crippen molar-refractivity contribution in [1.82, 2.24) is 0 Å². The Morgan fingerprint density at radius 1 is 0.789 bits per heavy atom. The van der Waals surface area contributed by atoms with E-state index in [1.165, 1.54) is 0 Å². The fourth-order valence-corrected chi connectivity index (χ4v) is 0.940. The maximum absolute atomic E-state index is 13.1. The maximum atomic E-state index is 13.1. The van der Waals surface area contributed by atoms with E-state index < -0.39 is 28.2 Å². The molecule has 0 fully saturated rings. The van der Waals surface area contributed by atoms with Crippen molar-refractivity contribution >= 4 is 22.6 Å². The summed E-state index contributed by atoms with van der Waals surface area (Å²) in [4.78, 5) is 0. The second-order valence-electron chi connectivity index (χ2n) is 2.93. The third-order valence-corrected chi connectivity index (χ3v) is 2.23. The zero-order chi connectivity index (χ0) is 15.9. The molecule has 19 heavy (non-hydrogen) atoms. The Labute approximate surface area is 112 Å². The molecule has 0 saturated carbocycles. The molecule has 0 aromatic carbocycles. The van der Waals surface area contributed by atoms with Crippen molar-refractivity contribution in [1.29, 1.82) is 0 Å². The van der Waals surface area contributed by atoms with Crippen molar-refractivity contribution in [3.63, 3.8) is 0 Å². The predicted octanol–water partition coefficient (Wildman–Crippen LogP) is 4.09. The van der Waals surface area contributed by atoms with Crippen LogP contribution < -0.4 is 0 Å². The third-order valence-electron chi connectivity index (χ3n) is 1.58. The SMILES string of the molecule is COC(F)(OC(F)(F)C(F)(F)C(F)(F)F)C(F)(F)I. The first-order valence-electron chi connectivity index (χ1n) is 3.85. The van der Waals surface area contributed by atoms with Crippen LogP contribution in [0.25, 0.3) is 0 Å². The van der Waals surface area contributed by atoms with Gasteiger partial charge in [-0.1, -0.05) is 0 Å². The van der Waals surface area contributed by atoms with Crippen molar-refractivity contribution in [2.24, 2.45) is 0 Å². The molecule has 0 saturated heterocycles. The molecule has 0 spiro atoms. The van der Waals surface area contributed by atoms with E-state index in [0.29, 0.717) is 0 Å². The van der Waals surface area contributed by atoms with Crippen LogP contribution in [0.1, 0.15) is 0 Å². The lowest BCUT2D eigenvalue weighted by Gasteiger charge is -2.34. The minimum Gasteiger partial charge on any atom is -0.322 e. The third kappa shape index (κ3) is 3.53. The molecule has 2 nitrogen and oxygen atoms in total. The summed E-state index contributed by atoms with van der Waals surface area (Å²) in [5.41, 5.74) is 0. The summed E-state index contributed by atoms with van der Waals surface area (Å²) in [6.45, 7) is 0. The van der Waals surface area contributed by atoms with Crippen LogP contribution in [0.3, 0.4) is 0 Å². The van der Waals surface area contributed by atoms with Gasteiger partial charge < -0.3 is 4.74 Å². The lowest BCUT2D eigenvalue weighted by molar-refractivity contribution is -0.503. The molecule has 0 radical (unpaired) electrons. The van der Waals surface area contributed by atoms with E-state index in [1.54, 1.807) is 0 Å². The molecule has 0 aromatic heterocycles. The van der Waals surface area contributed by atoms with Gasteiger partial charge in [-0.25, -0.2) is 4.74 Å². The molecule has 0 aliphatic heterocycles. The average Bonchev–Trinajstić information content (AvgIpc) is 2.12. The van der Waals surface area contributed by atoms with Crippen LogP contribution in [-0.2, 0) is 9.47 Å². The summed E-state index contributed by atoms with van der Waals surface area (Å²) in [7, 11) is 0.00832. The molecule has 116 valence electrons. The second kappa shape index (κ2) is 5.05. The van der Waals surface area contributed by atoms with Crippen LogP contribution in [0.4, 0.5) is 43.9 Å². The molecule has 0 N–H and O–H groups in total. The molecule has 1 unspecified atom stereocenters. The summed E-state index contributed by atoms with van der Waals surface area (Å²) < 4.78 is 123. The molecule has 0 rings (SSSR count). The van der Waals surface area contributed by atoms with Crippen molar-refractivity contribution in [2.75, 3.05) is 7.11 Å². The molecule has 0 heterocycles. The number of halogens is 11. The largest absolute Gasteiger partial charge is 0.462 e. The summed E-state index contributed by atoms with van der Waals surface area (Å²) in [6, 6.07) is -5.19. The summed E-state index contributed by atoms with van der Waals surface area (Å²) >= 11 is -0.173. The molecule has 0 aromatic rings. The van der Waals surface area contributed by atoms with Gasteiger partial charge in [-0.05, 0) is 0 Å². The summed E-state index contributed by atoms with van der Waals surface area (Å²) in [6.07, 6.45) is -13.5. The molecule has 0 aliphatic carbocycles. The number of alkyl halides is 11. The summed E-state index contributed by atoms with van der Waals surface area (Å²) in [5.74, 6) is -6.90. The first-order chi connectivity index (χ1) is 8.02. The highest BCUT2D eigenvalue weighted by atomic mass is 127. The fraction of sp³-hybridized carbons (Fsp3) is 1.00. The Bertz CT molecular complexity index is 323. The smallest absolute Gasteiger partial charge is 0.322 e. The highest BCUT2D eigenvalue weighted by molar-refractivity contribution is 14.1.